The Labute approximate surface area is 104 Å². The van der Waals surface area contributed by atoms with Gasteiger partial charge in [-0.2, -0.15) is 0 Å². The van der Waals surface area contributed by atoms with E-state index in [2.05, 4.69) is 0 Å². The normalized spacial score (nSPS) is 18.7. The van der Waals surface area contributed by atoms with Crippen LogP contribution in [0.5, 0.6) is 5.75 Å². The van der Waals surface area contributed by atoms with Crippen molar-refractivity contribution in [3.05, 3.63) is 23.8 Å². The number of ether oxygens (including phenoxy) is 2. The van der Waals surface area contributed by atoms with Crippen molar-refractivity contribution in [2.75, 3.05) is 18.6 Å². The molecule has 1 aromatic rings. The van der Waals surface area contributed by atoms with E-state index in [1.807, 2.05) is 6.92 Å². The lowest BCUT2D eigenvalue weighted by molar-refractivity contribution is 0.0696. The summed E-state index contributed by atoms with van der Waals surface area (Å²) in [4.78, 5) is 23.9. The Morgan fingerprint density at radius 3 is 2.78 bits per heavy atom. The summed E-state index contributed by atoms with van der Waals surface area (Å²) in [5.41, 5.74) is 0.619. The van der Waals surface area contributed by atoms with Crippen molar-refractivity contribution in [2.24, 2.45) is 0 Å². The van der Waals surface area contributed by atoms with E-state index >= 15 is 0 Å². The molecule has 0 spiro atoms. The number of benzene rings is 1. The van der Waals surface area contributed by atoms with Crippen molar-refractivity contribution < 1.29 is 24.2 Å². The van der Waals surface area contributed by atoms with Crippen molar-refractivity contribution in [3.63, 3.8) is 0 Å². The molecular formula is C12H13NO5. The van der Waals surface area contributed by atoms with E-state index in [-0.39, 0.29) is 11.6 Å². The van der Waals surface area contributed by atoms with Gasteiger partial charge in [0.15, 0.2) is 0 Å². The molecule has 96 valence electrons. The van der Waals surface area contributed by atoms with E-state index in [0.29, 0.717) is 18.0 Å². The predicted molar refractivity (Wildman–Crippen MR) is 63.2 cm³/mol. The second-order valence-corrected chi connectivity index (χ2v) is 3.99. The molecule has 1 fully saturated rings. The van der Waals surface area contributed by atoms with Crippen LogP contribution in [0.1, 0.15) is 17.3 Å². The topological polar surface area (TPSA) is 76.1 Å². The van der Waals surface area contributed by atoms with Crippen molar-refractivity contribution in [1.29, 1.82) is 0 Å². The average molecular weight is 251 g/mol. The minimum atomic E-state index is -1.04. The van der Waals surface area contributed by atoms with Gasteiger partial charge in [0.1, 0.15) is 12.4 Å². The molecule has 0 bridgehead atoms. The van der Waals surface area contributed by atoms with Gasteiger partial charge in [-0.3, -0.25) is 4.90 Å². The van der Waals surface area contributed by atoms with E-state index in [1.165, 1.54) is 24.1 Å². The van der Waals surface area contributed by atoms with Crippen LogP contribution in [0.3, 0.4) is 0 Å². The first-order valence-corrected chi connectivity index (χ1v) is 5.42. The first kappa shape index (κ1) is 12.2. The summed E-state index contributed by atoms with van der Waals surface area (Å²) in [5.74, 6) is -0.711. The Morgan fingerprint density at radius 1 is 1.56 bits per heavy atom. The summed E-state index contributed by atoms with van der Waals surface area (Å²) in [6.07, 6.45) is -0.455. The average Bonchev–Trinajstić information content (AvgIpc) is 2.68. The summed E-state index contributed by atoms with van der Waals surface area (Å²) in [5, 5.41) is 8.90. The molecule has 1 aliphatic heterocycles. The molecule has 1 atom stereocenters. The van der Waals surface area contributed by atoms with Gasteiger partial charge in [-0.05, 0) is 25.1 Å². The highest BCUT2D eigenvalue weighted by atomic mass is 16.6. The first-order chi connectivity index (χ1) is 8.54. The smallest absolute Gasteiger partial charge is 0.414 e. The molecule has 0 aliphatic carbocycles. The van der Waals surface area contributed by atoms with Gasteiger partial charge in [0.25, 0.3) is 0 Å². The molecule has 6 heteroatoms. The Hall–Kier alpha value is -2.24. The zero-order valence-electron chi connectivity index (χ0n) is 10.0. The molecule has 18 heavy (non-hydrogen) atoms. The van der Waals surface area contributed by atoms with Crippen molar-refractivity contribution in [2.45, 2.75) is 13.0 Å². The van der Waals surface area contributed by atoms with Crippen molar-refractivity contribution in [1.82, 2.24) is 0 Å². The SMILES string of the molecule is COc1cc(C(=O)O)ccc1N1C(=O)OCC1C. The number of carbonyl (C=O) groups excluding carboxylic acids is 1. The van der Waals surface area contributed by atoms with Gasteiger partial charge in [-0.15, -0.1) is 0 Å². The van der Waals surface area contributed by atoms with Gasteiger partial charge in [0.05, 0.1) is 24.4 Å². The molecule has 1 aliphatic rings. The monoisotopic (exact) mass is 251 g/mol. The molecule has 1 N–H and O–H groups in total. The number of cyclic esters (lactones) is 1. The summed E-state index contributed by atoms with van der Waals surface area (Å²) < 4.78 is 10.1. The molecule has 1 aromatic carbocycles. The molecule has 0 aromatic heterocycles. The predicted octanol–water partition coefficient (Wildman–Crippen LogP) is 1.74. The third-order valence-electron chi connectivity index (χ3n) is 2.77. The maximum Gasteiger partial charge on any atom is 0.414 e. The van der Waals surface area contributed by atoms with Crippen LogP contribution in [-0.2, 0) is 4.74 Å². The fourth-order valence-corrected chi connectivity index (χ4v) is 1.86. The highest BCUT2D eigenvalue weighted by molar-refractivity contribution is 5.94. The molecule has 2 rings (SSSR count). The minimum Gasteiger partial charge on any atom is -0.495 e. The van der Waals surface area contributed by atoms with E-state index in [1.54, 1.807) is 6.07 Å². The van der Waals surface area contributed by atoms with Crippen LogP contribution >= 0.6 is 0 Å². The highest BCUT2D eigenvalue weighted by Gasteiger charge is 2.33. The quantitative estimate of drug-likeness (QED) is 0.885. The fourth-order valence-electron chi connectivity index (χ4n) is 1.86. The fraction of sp³-hybridized carbons (Fsp3) is 0.333. The summed E-state index contributed by atoms with van der Waals surface area (Å²) in [6.45, 7) is 2.15. The third-order valence-corrected chi connectivity index (χ3v) is 2.77. The standard InChI is InChI=1S/C12H13NO5/c1-7-6-18-12(16)13(7)9-4-3-8(11(14)15)5-10(9)17-2/h3-5,7H,6H2,1-2H3,(H,14,15). The maximum atomic E-state index is 11.6. The summed E-state index contributed by atoms with van der Waals surface area (Å²) in [7, 11) is 1.43. The van der Waals surface area contributed by atoms with Gasteiger partial charge in [-0.1, -0.05) is 0 Å². The lowest BCUT2D eigenvalue weighted by atomic mass is 10.1. The van der Waals surface area contributed by atoms with Crippen LogP contribution in [0.25, 0.3) is 0 Å². The largest absolute Gasteiger partial charge is 0.495 e. The van der Waals surface area contributed by atoms with E-state index in [4.69, 9.17) is 14.6 Å². The Kier molecular flexibility index (Phi) is 3.10. The van der Waals surface area contributed by atoms with Gasteiger partial charge in [0, 0.05) is 0 Å². The van der Waals surface area contributed by atoms with Crippen LogP contribution in [-0.4, -0.2) is 36.9 Å². The summed E-state index contributed by atoms with van der Waals surface area (Å²) in [6, 6.07) is 4.25. The molecule has 1 saturated heterocycles. The lowest BCUT2D eigenvalue weighted by Crippen LogP contribution is -2.31. The van der Waals surface area contributed by atoms with Crippen molar-refractivity contribution in [3.8, 4) is 5.75 Å². The Morgan fingerprint density at radius 2 is 2.28 bits per heavy atom. The lowest BCUT2D eigenvalue weighted by Gasteiger charge is -2.20. The number of carbonyl (C=O) groups is 2. The Balaban J connectivity index is 2.44. The van der Waals surface area contributed by atoms with Crippen LogP contribution in [0.15, 0.2) is 18.2 Å². The van der Waals surface area contributed by atoms with E-state index in [9.17, 15) is 9.59 Å². The first-order valence-electron chi connectivity index (χ1n) is 5.42. The van der Waals surface area contributed by atoms with Crippen LogP contribution in [0, 0.1) is 0 Å². The number of rotatable bonds is 3. The molecule has 0 radical (unpaired) electrons. The number of carboxylic acid groups (broad SMARTS) is 1. The second-order valence-electron chi connectivity index (χ2n) is 3.99. The van der Waals surface area contributed by atoms with Gasteiger partial charge >= 0.3 is 12.1 Å². The highest BCUT2D eigenvalue weighted by Crippen LogP contribution is 2.33. The molecule has 1 amide bonds. The third kappa shape index (κ3) is 1.97. The second kappa shape index (κ2) is 4.56. The maximum absolute atomic E-state index is 11.6. The van der Waals surface area contributed by atoms with Gasteiger partial charge < -0.3 is 14.6 Å². The molecule has 0 saturated carbocycles. The zero-order chi connectivity index (χ0) is 13.3. The number of nitrogens with zero attached hydrogens (tertiary/aromatic N) is 1. The van der Waals surface area contributed by atoms with Gasteiger partial charge in [-0.25, -0.2) is 9.59 Å². The molecule has 1 heterocycles. The zero-order valence-corrected chi connectivity index (χ0v) is 10.0. The number of carboxylic acids is 1. The van der Waals surface area contributed by atoms with E-state index in [0.717, 1.165) is 0 Å². The number of methoxy groups -OCH3 is 1. The number of hydrogen-bond donors (Lipinski definition) is 1. The summed E-state index contributed by atoms with van der Waals surface area (Å²) >= 11 is 0. The van der Waals surface area contributed by atoms with Crippen LogP contribution in [0.4, 0.5) is 10.5 Å². The van der Waals surface area contributed by atoms with E-state index < -0.39 is 12.1 Å². The Bertz CT molecular complexity index is 499. The molecule has 6 nitrogen and oxygen atoms in total. The van der Waals surface area contributed by atoms with Crippen LogP contribution in [0.2, 0.25) is 0 Å². The number of anilines is 1. The van der Waals surface area contributed by atoms with Gasteiger partial charge in [0.2, 0.25) is 0 Å². The van der Waals surface area contributed by atoms with Crippen molar-refractivity contribution >= 4 is 17.7 Å². The number of aromatic carboxylic acids is 1. The number of amides is 1. The number of hydrogen-bond acceptors (Lipinski definition) is 4. The molecule has 1 unspecified atom stereocenters. The molecular weight excluding hydrogens is 238 g/mol. The minimum absolute atomic E-state index is 0.107. The van der Waals surface area contributed by atoms with Crippen LogP contribution < -0.4 is 9.64 Å².